The molecule has 0 amide bonds. The minimum atomic E-state index is -3.55. The molecule has 0 saturated carbocycles. The number of hydrogen-bond acceptors (Lipinski definition) is 4. The molecule has 0 aliphatic rings. The molecule has 0 aliphatic carbocycles. The van der Waals surface area contributed by atoms with Crippen molar-refractivity contribution in [1.82, 2.24) is 4.98 Å². The van der Waals surface area contributed by atoms with Gasteiger partial charge in [-0.05, 0) is 15.9 Å². The van der Waals surface area contributed by atoms with E-state index in [4.69, 9.17) is 11.6 Å². The van der Waals surface area contributed by atoms with Crippen LogP contribution in [0.25, 0.3) is 0 Å². The summed E-state index contributed by atoms with van der Waals surface area (Å²) in [5.41, 5.74) is 0. The van der Waals surface area contributed by atoms with E-state index in [1.807, 2.05) is 0 Å². The number of aromatic nitrogens is 1. The molecule has 0 spiro atoms. The van der Waals surface area contributed by atoms with Gasteiger partial charge in [0.05, 0.1) is 11.3 Å². The second-order valence-corrected chi connectivity index (χ2v) is 4.99. The molecule has 0 atom stereocenters. The van der Waals surface area contributed by atoms with E-state index in [1.54, 1.807) is 0 Å². The lowest BCUT2D eigenvalue weighted by Gasteiger charge is -2.03. The molecule has 0 N–H and O–H groups in total. The maximum atomic E-state index is 10.8. The molecular formula is C6H5BrClNO3S. The molecule has 4 nitrogen and oxygen atoms in total. The molecule has 0 bridgehead atoms. The van der Waals surface area contributed by atoms with Crippen molar-refractivity contribution in [2.45, 2.75) is 0 Å². The predicted molar refractivity (Wildman–Crippen MR) is 52.4 cm³/mol. The summed E-state index contributed by atoms with van der Waals surface area (Å²) in [6.07, 6.45) is 2.32. The molecule has 0 fully saturated rings. The molecule has 1 aromatic heterocycles. The smallest absolute Gasteiger partial charge is 0.306 e. The Kier molecular flexibility index (Phi) is 3.15. The molecule has 1 aromatic rings. The van der Waals surface area contributed by atoms with Crippen LogP contribution in [0.15, 0.2) is 16.9 Å². The maximum Gasteiger partial charge on any atom is 0.306 e. The lowest BCUT2D eigenvalue weighted by atomic mass is 10.5. The second-order valence-electron chi connectivity index (χ2n) is 2.23. The zero-order valence-electron chi connectivity index (χ0n) is 6.49. The van der Waals surface area contributed by atoms with Crippen LogP contribution in [0.3, 0.4) is 0 Å². The molecule has 0 radical (unpaired) electrons. The summed E-state index contributed by atoms with van der Waals surface area (Å²) < 4.78 is 26.4. The van der Waals surface area contributed by atoms with E-state index in [2.05, 4.69) is 25.1 Å². The molecule has 0 saturated heterocycles. The lowest BCUT2D eigenvalue weighted by Crippen LogP contribution is -2.06. The molecule has 0 aliphatic heterocycles. The highest BCUT2D eigenvalue weighted by atomic mass is 79.9. The van der Waals surface area contributed by atoms with E-state index in [0.717, 1.165) is 6.26 Å². The van der Waals surface area contributed by atoms with E-state index in [0.29, 0.717) is 9.63 Å². The number of rotatable bonds is 2. The van der Waals surface area contributed by atoms with Crippen molar-refractivity contribution in [3.8, 4) is 5.75 Å². The number of hydrogen-bond donors (Lipinski definition) is 0. The summed E-state index contributed by atoms with van der Waals surface area (Å²) in [6, 6.07) is 1.36. The van der Waals surface area contributed by atoms with Gasteiger partial charge < -0.3 is 4.18 Å². The first-order chi connectivity index (χ1) is 5.88. The van der Waals surface area contributed by atoms with Gasteiger partial charge in [0.25, 0.3) is 0 Å². The van der Waals surface area contributed by atoms with Gasteiger partial charge in [-0.25, -0.2) is 4.98 Å². The zero-order valence-corrected chi connectivity index (χ0v) is 9.65. The van der Waals surface area contributed by atoms with Gasteiger partial charge in [-0.1, -0.05) is 11.6 Å². The average molecular weight is 287 g/mol. The van der Waals surface area contributed by atoms with Gasteiger partial charge in [0.15, 0.2) is 5.75 Å². The topological polar surface area (TPSA) is 56.3 Å². The molecular weight excluding hydrogens is 281 g/mol. The minimum Gasteiger partial charge on any atom is -0.380 e. The summed E-state index contributed by atoms with van der Waals surface area (Å²) in [7, 11) is -3.55. The van der Waals surface area contributed by atoms with Crippen molar-refractivity contribution in [2.24, 2.45) is 0 Å². The van der Waals surface area contributed by atoms with Gasteiger partial charge in [0.2, 0.25) is 0 Å². The highest BCUT2D eigenvalue weighted by Gasteiger charge is 2.09. The highest BCUT2D eigenvalue weighted by molar-refractivity contribution is 9.10. The Balaban J connectivity index is 3.08. The van der Waals surface area contributed by atoms with Gasteiger partial charge in [0, 0.05) is 12.3 Å². The van der Waals surface area contributed by atoms with Crippen molar-refractivity contribution in [1.29, 1.82) is 0 Å². The van der Waals surface area contributed by atoms with Crippen LogP contribution in [-0.4, -0.2) is 19.7 Å². The predicted octanol–water partition coefficient (Wildman–Crippen LogP) is 1.84. The molecule has 7 heteroatoms. The van der Waals surface area contributed by atoms with Gasteiger partial charge in [-0.15, -0.1) is 0 Å². The molecule has 1 heterocycles. The third-order valence-electron chi connectivity index (χ3n) is 1.01. The monoisotopic (exact) mass is 285 g/mol. The fraction of sp³-hybridized carbons (Fsp3) is 0.167. The van der Waals surface area contributed by atoms with Crippen LogP contribution in [0.1, 0.15) is 0 Å². The molecule has 1 rings (SSSR count). The average Bonchev–Trinajstić information content (AvgIpc) is 1.94. The molecule has 0 aromatic carbocycles. The van der Waals surface area contributed by atoms with E-state index in [-0.39, 0.29) is 5.75 Å². The zero-order chi connectivity index (χ0) is 10.1. The van der Waals surface area contributed by atoms with E-state index in [9.17, 15) is 8.42 Å². The Morgan fingerprint density at radius 3 is 2.77 bits per heavy atom. The largest absolute Gasteiger partial charge is 0.380 e. The quantitative estimate of drug-likeness (QED) is 0.615. The van der Waals surface area contributed by atoms with Gasteiger partial charge in [-0.2, -0.15) is 8.42 Å². The first-order valence-corrected chi connectivity index (χ1v) is 6.08. The first kappa shape index (κ1) is 10.7. The Hall–Kier alpha value is -0.330. The van der Waals surface area contributed by atoms with Crippen molar-refractivity contribution in [3.63, 3.8) is 0 Å². The minimum absolute atomic E-state index is 0.0787. The van der Waals surface area contributed by atoms with Crippen LogP contribution in [0.4, 0.5) is 0 Å². The third-order valence-corrected chi connectivity index (χ3v) is 2.30. The van der Waals surface area contributed by atoms with Crippen LogP contribution >= 0.6 is 27.5 Å². The van der Waals surface area contributed by atoms with E-state index >= 15 is 0 Å². The second kappa shape index (κ2) is 3.81. The Morgan fingerprint density at radius 1 is 1.62 bits per heavy atom. The Bertz CT molecular complexity index is 420. The van der Waals surface area contributed by atoms with E-state index < -0.39 is 10.1 Å². The summed E-state index contributed by atoms with van der Waals surface area (Å²) in [6.45, 7) is 0. The fourth-order valence-electron chi connectivity index (χ4n) is 0.626. The van der Waals surface area contributed by atoms with Crippen LogP contribution in [-0.2, 0) is 10.1 Å². The molecule has 0 unspecified atom stereocenters. The Labute approximate surface area is 89.1 Å². The van der Waals surface area contributed by atoms with Crippen molar-refractivity contribution in [2.75, 3.05) is 6.26 Å². The first-order valence-electron chi connectivity index (χ1n) is 3.09. The summed E-state index contributed by atoms with van der Waals surface area (Å²) >= 11 is 8.61. The number of pyridine rings is 1. The van der Waals surface area contributed by atoms with Crippen LogP contribution < -0.4 is 4.18 Å². The van der Waals surface area contributed by atoms with Crippen molar-refractivity contribution < 1.29 is 12.6 Å². The van der Waals surface area contributed by atoms with Gasteiger partial charge in [0.1, 0.15) is 4.60 Å². The number of nitrogens with zero attached hydrogens (tertiary/aromatic N) is 1. The summed E-state index contributed by atoms with van der Waals surface area (Å²) in [5, 5.41) is 0.307. The maximum absolute atomic E-state index is 10.8. The van der Waals surface area contributed by atoms with Crippen molar-refractivity contribution >= 4 is 37.6 Å². The van der Waals surface area contributed by atoms with Crippen molar-refractivity contribution in [3.05, 3.63) is 21.9 Å². The molecule has 13 heavy (non-hydrogen) atoms. The standard InChI is InChI=1S/C6H5BrClNO3S/c1-13(10,11)12-5-2-4(8)3-9-6(5)7/h2-3H,1H3. The fourth-order valence-corrected chi connectivity index (χ4v) is 1.63. The van der Waals surface area contributed by atoms with Gasteiger partial charge in [-0.3, -0.25) is 0 Å². The van der Waals surface area contributed by atoms with Crippen LogP contribution in [0, 0.1) is 0 Å². The van der Waals surface area contributed by atoms with Crippen LogP contribution in [0.5, 0.6) is 5.75 Å². The van der Waals surface area contributed by atoms with Crippen LogP contribution in [0.2, 0.25) is 5.02 Å². The molecule has 72 valence electrons. The summed E-state index contributed by atoms with van der Waals surface area (Å²) in [5.74, 6) is 0.0787. The highest BCUT2D eigenvalue weighted by Crippen LogP contribution is 2.26. The number of halogens is 2. The SMILES string of the molecule is CS(=O)(=O)Oc1cc(Cl)cnc1Br. The van der Waals surface area contributed by atoms with E-state index in [1.165, 1.54) is 12.3 Å². The summed E-state index contributed by atoms with van der Waals surface area (Å²) in [4.78, 5) is 3.76. The lowest BCUT2D eigenvalue weighted by molar-refractivity contribution is 0.490. The van der Waals surface area contributed by atoms with Gasteiger partial charge >= 0.3 is 10.1 Å². The normalized spacial score (nSPS) is 11.3. The Morgan fingerprint density at radius 2 is 2.23 bits per heavy atom. The third kappa shape index (κ3) is 3.50.